The molecule has 2 amide bonds. The summed E-state index contributed by atoms with van der Waals surface area (Å²) in [6.45, 7) is 4.96. The Hall–Kier alpha value is -2.86. The van der Waals surface area contributed by atoms with E-state index in [4.69, 9.17) is 10.5 Å². The molecule has 6 nitrogen and oxygen atoms in total. The number of nitrogens with zero attached hydrogens (tertiary/aromatic N) is 4. The molecule has 1 aromatic carbocycles. The standard InChI is InChI=1S/C10H19NO.C8H10N2O.C7H5N/c1-2-3-4-7-10(12)11-8-5-6-9-11;9-5-7-1-4-10(6-11)8(7)2-3-8;8-6-7-4-2-1-3-5-7/h2-9H2,1H3;6-7H,1-4H2;1-5H. The van der Waals surface area contributed by atoms with Crippen LogP contribution in [0.3, 0.4) is 0 Å². The fourth-order valence-corrected chi connectivity index (χ4v) is 4.23. The van der Waals surface area contributed by atoms with Crippen LogP contribution < -0.4 is 0 Å². The summed E-state index contributed by atoms with van der Waals surface area (Å²) in [5, 5.41) is 17.0. The minimum absolute atomic E-state index is 0.0174. The minimum Gasteiger partial charge on any atom is -0.343 e. The lowest BCUT2D eigenvalue weighted by Crippen LogP contribution is -2.33. The van der Waals surface area contributed by atoms with E-state index in [0.717, 1.165) is 58.1 Å². The molecule has 166 valence electrons. The highest BCUT2D eigenvalue weighted by molar-refractivity contribution is 5.76. The molecular formula is C25H34N4O2. The molecule has 0 N–H and O–H groups in total. The monoisotopic (exact) mass is 422 g/mol. The van der Waals surface area contributed by atoms with Crippen LogP contribution in [0.2, 0.25) is 0 Å². The molecule has 4 rings (SSSR count). The first-order valence-corrected chi connectivity index (χ1v) is 11.5. The second-order valence-electron chi connectivity index (χ2n) is 8.40. The summed E-state index contributed by atoms with van der Waals surface area (Å²) in [4.78, 5) is 25.8. The molecule has 0 bridgehead atoms. The van der Waals surface area contributed by atoms with Crippen molar-refractivity contribution < 1.29 is 9.59 Å². The van der Waals surface area contributed by atoms with Gasteiger partial charge in [0.1, 0.15) is 0 Å². The Kier molecular flexibility index (Phi) is 10.0. The van der Waals surface area contributed by atoms with Crippen molar-refractivity contribution in [2.24, 2.45) is 5.92 Å². The first kappa shape index (κ1) is 24.4. The molecule has 31 heavy (non-hydrogen) atoms. The molecular weight excluding hydrogens is 388 g/mol. The third kappa shape index (κ3) is 7.10. The average molecular weight is 423 g/mol. The quantitative estimate of drug-likeness (QED) is 0.524. The molecule has 1 unspecified atom stereocenters. The van der Waals surface area contributed by atoms with Gasteiger partial charge in [0.05, 0.1) is 29.2 Å². The molecule has 1 aromatic rings. The molecule has 2 aliphatic heterocycles. The number of amides is 2. The van der Waals surface area contributed by atoms with Crippen molar-refractivity contribution in [1.82, 2.24) is 9.80 Å². The summed E-state index contributed by atoms with van der Waals surface area (Å²) >= 11 is 0. The van der Waals surface area contributed by atoms with E-state index in [2.05, 4.69) is 13.0 Å². The predicted molar refractivity (Wildman–Crippen MR) is 120 cm³/mol. The van der Waals surface area contributed by atoms with Crippen LogP contribution in [-0.4, -0.2) is 47.3 Å². The number of hydrogen-bond acceptors (Lipinski definition) is 4. The number of benzene rings is 1. The Bertz CT molecular complexity index is 771. The van der Waals surface area contributed by atoms with Crippen molar-refractivity contribution in [2.45, 2.75) is 70.3 Å². The molecule has 2 saturated heterocycles. The van der Waals surface area contributed by atoms with Crippen molar-refractivity contribution in [3.63, 3.8) is 0 Å². The van der Waals surface area contributed by atoms with E-state index in [1.54, 1.807) is 17.0 Å². The van der Waals surface area contributed by atoms with Crippen LogP contribution in [0.4, 0.5) is 0 Å². The average Bonchev–Trinajstić information content (AvgIpc) is 3.25. The summed E-state index contributed by atoms with van der Waals surface area (Å²) in [6, 6.07) is 13.4. The molecule has 1 spiro atoms. The van der Waals surface area contributed by atoms with E-state index < -0.39 is 0 Å². The van der Waals surface area contributed by atoms with Gasteiger partial charge in [0.25, 0.3) is 0 Å². The Balaban J connectivity index is 0.000000168. The number of nitriles is 2. The second-order valence-corrected chi connectivity index (χ2v) is 8.40. The fraction of sp³-hybridized carbons (Fsp3) is 0.600. The van der Waals surface area contributed by atoms with Crippen molar-refractivity contribution in [3.05, 3.63) is 35.9 Å². The predicted octanol–water partition coefficient (Wildman–Crippen LogP) is 4.27. The van der Waals surface area contributed by atoms with Gasteiger partial charge in [-0.25, -0.2) is 0 Å². The number of hydrogen-bond donors (Lipinski definition) is 0. The SMILES string of the molecule is CCCCCC(=O)N1CCCC1.N#CC1CCN(C=O)C12CC2.N#Cc1ccccc1. The highest BCUT2D eigenvalue weighted by Crippen LogP contribution is 2.52. The zero-order valence-corrected chi connectivity index (χ0v) is 18.6. The number of carbonyl (C=O) groups excluding carboxylic acids is 2. The first-order valence-electron chi connectivity index (χ1n) is 11.5. The molecule has 0 radical (unpaired) electrons. The first-order chi connectivity index (χ1) is 15.1. The highest BCUT2D eigenvalue weighted by atomic mass is 16.2. The lowest BCUT2D eigenvalue weighted by atomic mass is 10.0. The summed E-state index contributed by atoms with van der Waals surface area (Å²) in [7, 11) is 0. The van der Waals surface area contributed by atoms with Gasteiger partial charge in [-0.15, -0.1) is 0 Å². The topological polar surface area (TPSA) is 88.2 Å². The number of unbranched alkanes of at least 4 members (excludes halogenated alkanes) is 2. The van der Waals surface area contributed by atoms with Gasteiger partial charge >= 0.3 is 0 Å². The lowest BCUT2D eigenvalue weighted by molar-refractivity contribution is -0.130. The van der Waals surface area contributed by atoms with Gasteiger partial charge in [-0.3, -0.25) is 9.59 Å². The third-order valence-electron chi connectivity index (χ3n) is 6.28. The van der Waals surface area contributed by atoms with Crippen LogP contribution in [0, 0.1) is 28.6 Å². The third-order valence-corrected chi connectivity index (χ3v) is 6.28. The number of likely N-dealkylation sites (tertiary alicyclic amines) is 2. The summed E-state index contributed by atoms with van der Waals surface area (Å²) < 4.78 is 0. The van der Waals surface area contributed by atoms with Crippen molar-refractivity contribution in [2.75, 3.05) is 19.6 Å². The maximum absolute atomic E-state index is 11.4. The lowest BCUT2D eigenvalue weighted by Gasteiger charge is -2.20. The zero-order chi connectivity index (χ0) is 22.5. The molecule has 1 atom stereocenters. The molecule has 3 fully saturated rings. The van der Waals surface area contributed by atoms with E-state index in [0.29, 0.717) is 11.5 Å². The van der Waals surface area contributed by atoms with E-state index in [1.807, 2.05) is 29.2 Å². The smallest absolute Gasteiger partial charge is 0.222 e. The van der Waals surface area contributed by atoms with Crippen molar-refractivity contribution in [1.29, 1.82) is 10.5 Å². The van der Waals surface area contributed by atoms with E-state index in [-0.39, 0.29) is 11.5 Å². The van der Waals surface area contributed by atoms with E-state index in [9.17, 15) is 9.59 Å². The van der Waals surface area contributed by atoms with Gasteiger partial charge in [-0.05, 0) is 50.7 Å². The Morgan fingerprint density at radius 3 is 2.29 bits per heavy atom. The highest BCUT2D eigenvalue weighted by Gasteiger charge is 2.57. The van der Waals surface area contributed by atoms with E-state index >= 15 is 0 Å². The van der Waals surface area contributed by atoms with Crippen molar-refractivity contribution >= 4 is 12.3 Å². The van der Waals surface area contributed by atoms with Gasteiger partial charge in [0.2, 0.25) is 12.3 Å². The number of carbonyl (C=O) groups is 2. The molecule has 1 aliphatic carbocycles. The maximum Gasteiger partial charge on any atom is 0.222 e. The normalized spacial score (nSPS) is 19.9. The van der Waals surface area contributed by atoms with Gasteiger partial charge in [0, 0.05) is 26.1 Å². The molecule has 1 saturated carbocycles. The largest absolute Gasteiger partial charge is 0.343 e. The van der Waals surface area contributed by atoms with E-state index in [1.165, 1.54) is 25.7 Å². The molecule has 0 aromatic heterocycles. The Morgan fingerprint density at radius 1 is 1.13 bits per heavy atom. The fourth-order valence-electron chi connectivity index (χ4n) is 4.23. The van der Waals surface area contributed by atoms with Gasteiger partial charge in [-0.2, -0.15) is 10.5 Å². The van der Waals surface area contributed by atoms with Crippen LogP contribution in [0.1, 0.15) is 70.3 Å². The van der Waals surface area contributed by atoms with Gasteiger partial charge in [0.15, 0.2) is 0 Å². The molecule has 2 heterocycles. The summed E-state index contributed by atoms with van der Waals surface area (Å²) in [5.41, 5.74) is 0.698. The Morgan fingerprint density at radius 2 is 1.81 bits per heavy atom. The van der Waals surface area contributed by atoms with Crippen LogP contribution in [0.5, 0.6) is 0 Å². The van der Waals surface area contributed by atoms with Crippen LogP contribution in [0.25, 0.3) is 0 Å². The van der Waals surface area contributed by atoms with Crippen LogP contribution in [-0.2, 0) is 9.59 Å². The zero-order valence-electron chi connectivity index (χ0n) is 18.6. The van der Waals surface area contributed by atoms with Gasteiger partial charge < -0.3 is 9.80 Å². The van der Waals surface area contributed by atoms with Gasteiger partial charge in [-0.1, -0.05) is 38.0 Å². The van der Waals surface area contributed by atoms with Crippen LogP contribution >= 0.6 is 0 Å². The minimum atomic E-state index is -0.0174. The maximum atomic E-state index is 11.4. The summed E-state index contributed by atoms with van der Waals surface area (Å²) in [5.74, 6) is 0.480. The van der Waals surface area contributed by atoms with Crippen molar-refractivity contribution in [3.8, 4) is 12.1 Å². The molecule has 6 heteroatoms. The number of rotatable bonds is 5. The Labute approximate surface area is 186 Å². The molecule has 3 aliphatic rings. The second kappa shape index (κ2) is 12.7. The summed E-state index contributed by atoms with van der Waals surface area (Å²) in [6.07, 6.45) is 10.5. The van der Waals surface area contributed by atoms with Crippen LogP contribution in [0.15, 0.2) is 30.3 Å².